The van der Waals surface area contributed by atoms with Gasteiger partial charge in [-0.3, -0.25) is 4.90 Å². The lowest BCUT2D eigenvalue weighted by Crippen LogP contribution is -2.42. The molecule has 0 rings (SSSR count). The van der Waals surface area contributed by atoms with E-state index in [1.807, 2.05) is 7.05 Å². The predicted octanol–water partition coefficient (Wildman–Crippen LogP) is 1.11. The summed E-state index contributed by atoms with van der Waals surface area (Å²) in [6, 6.07) is 0. The Balaban J connectivity index is 3.71. The van der Waals surface area contributed by atoms with E-state index in [9.17, 15) is 5.11 Å². The first-order valence-corrected chi connectivity index (χ1v) is 4.76. The number of aliphatic hydroxyl groups excluding tert-OH is 1. The van der Waals surface area contributed by atoms with Gasteiger partial charge in [-0.15, -0.1) is 0 Å². The van der Waals surface area contributed by atoms with Crippen molar-refractivity contribution < 1.29 is 9.84 Å². The zero-order valence-corrected chi connectivity index (χ0v) is 9.50. The molecule has 0 heterocycles. The van der Waals surface area contributed by atoms with Gasteiger partial charge in [0.25, 0.3) is 0 Å². The minimum Gasteiger partial charge on any atom is -0.392 e. The van der Waals surface area contributed by atoms with Crippen LogP contribution in [0.25, 0.3) is 0 Å². The number of likely N-dealkylation sites (N-methyl/N-ethyl adjacent to an activating group) is 1. The first kappa shape index (κ1) is 12.9. The summed E-state index contributed by atoms with van der Waals surface area (Å²) in [4.78, 5) is 2.15. The van der Waals surface area contributed by atoms with E-state index in [0.29, 0.717) is 19.6 Å². The van der Waals surface area contributed by atoms with E-state index in [1.165, 1.54) is 0 Å². The number of nitrogens with zero attached hydrogens (tertiary/aromatic N) is 1. The topological polar surface area (TPSA) is 32.7 Å². The molecule has 0 aromatic carbocycles. The lowest BCUT2D eigenvalue weighted by atomic mass is 10.1. The molecule has 1 unspecified atom stereocenters. The molecule has 1 N–H and O–H groups in total. The fourth-order valence-electron chi connectivity index (χ4n) is 0.935. The van der Waals surface area contributed by atoms with Crippen molar-refractivity contribution in [1.82, 2.24) is 4.90 Å². The van der Waals surface area contributed by atoms with Crippen LogP contribution in [-0.2, 0) is 4.74 Å². The summed E-state index contributed by atoms with van der Waals surface area (Å²) in [6.45, 7) is 7.73. The van der Waals surface area contributed by atoms with Gasteiger partial charge in [-0.2, -0.15) is 0 Å². The number of β-amino-alcohol motifs (C(OH)–C–C–N with tert-alkyl or cyclic N) is 1. The maximum atomic E-state index is 9.59. The molecule has 80 valence electrons. The van der Waals surface area contributed by atoms with Gasteiger partial charge < -0.3 is 9.84 Å². The second-order valence-corrected chi connectivity index (χ2v) is 4.49. The summed E-state index contributed by atoms with van der Waals surface area (Å²) in [6.07, 6.45) is 0.417. The lowest BCUT2D eigenvalue weighted by molar-refractivity contribution is 0.0547. The van der Waals surface area contributed by atoms with E-state index in [1.54, 1.807) is 7.11 Å². The molecule has 0 aromatic heterocycles. The average molecular weight is 189 g/mol. The fraction of sp³-hybridized carbons (Fsp3) is 1.00. The third-order valence-corrected chi connectivity index (χ3v) is 2.28. The Hall–Kier alpha value is -0.120. The van der Waals surface area contributed by atoms with Crippen LogP contribution >= 0.6 is 0 Å². The minimum absolute atomic E-state index is 0.119. The molecule has 13 heavy (non-hydrogen) atoms. The van der Waals surface area contributed by atoms with Crippen molar-refractivity contribution in [3.05, 3.63) is 0 Å². The highest BCUT2D eigenvalue weighted by Gasteiger charge is 2.19. The van der Waals surface area contributed by atoms with E-state index in [-0.39, 0.29) is 11.6 Å². The zero-order chi connectivity index (χ0) is 10.5. The summed E-state index contributed by atoms with van der Waals surface area (Å²) in [5, 5.41) is 9.59. The number of hydrogen-bond donors (Lipinski definition) is 1. The van der Waals surface area contributed by atoms with Crippen LogP contribution in [0.5, 0.6) is 0 Å². The number of hydrogen-bond acceptors (Lipinski definition) is 3. The van der Waals surface area contributed by atoms with Crippen molar-refractivity contribution in [2.45, 2.75) is 38.8 Å². The van der Waals surface area contributed by atoms with Crippen LogP contribution in [0.3, 0.4) is 0 Å². The molecule has 0 radical (unpaired) electrons. The van der Waals surface area contributed by atoms with Gasteiger partial charge in [-0.25, -0.2) is 0 Å². The number of aliphatic hydroxyl groups is 1. The Bertz CT molecular complexity index is 131. The third-order valence-electron chi connectivity index (χ3n) is 2.28. The highest BCUT2D eigenvalue weighted by Crippen LogP contribution is 2.11. The number of methoxy groups -OCH3 is 1. The van der Waals surface area contributed by atoms with Crippen molar-refractivity contribution in [3.63, 3.8) is 0 Å². The first-order chi connectivity index (χ1) is 5.88. The van der Waals surface area contributed by atoms with Crippen molar-refractivity contribution in [2.75, 3.05) is 27.3 Å². The second-order valence-electron chi connectivity index (χ2n) is 4.49. The molecule has 0 spiro atoms. The first-order valence-electron chi connectivity index (χ1n) is 4.76. The van der Waals surface area contributed by atoms with Crippen LogP contribution < -0.4 is 0 Å². The second kappa shape index (κ2) is 5.58. The quantitative estimate of drug-likeness (QED) is 0.703. The van der Waals surface area contributed by atoms with E-state index >= 15 is 0 Å². The lowest BCUT2D eigenvalue weighted by Gasteiger charge is -2.33. The van der Waals surface area contributed by atoms with E-state index in [2.05, 4.69) is 25.7 Å². The van der Waals surface area contributed by atoms with E-state index < -0.39 is 0 Å². The Morgan fingerprint density at radius 3 is 2.31 bits per heavy atom. The third kappa shape index (κ3) is 6.02. The van der Waals surface area contributed by atoms with Crippen LogP contribution in [0.2, 0.25) is 0 Å². The van der Waals surface area contributed by atoms with Crippen LogP contribution in [-0.4, -0.2) is 49.0 Å². The highest BCUT2D eigenvalue weighted by molar-refractivity contribution is 4.75. The van der Waals surface area contributed by atoms with Crippen LogP contribution in [0.1, 0.15) is 27.2 Å². The molecule has 3 nitrogen and oxygen atoms in total. The van der Waals surface area contributed by atoms with Gasteiger partial charge in [0.1, 0.15) is 0 Å². The molecule has 0 aliphatic heterocycles. The maximum absolute atomic E-state index is 9.59. The average Bonchev–Trinajstić information content (AvgIpc) is 1.99. The molecule has 0 aromatic rings. The van der Waals surface area contributed by atoms with Crippen LogP contribution in [0, 0.1) is 0 Å². The molecule has 0 bridgehead atoms. The Morgan fingerprint density at radius 1 is 1.38 bits per heavy atom. The molecule has 1 atom stereocenters. The van der Waals surface area contributed by atoms with Gasteiger partial charge in [0.2, 0.25) is 0 Å². The van der Waals surface area contributed by atoms with Crippen LogP contribution in [0.4, 0.5) is 0 Å². The summed E-state index contributed by atoms with van der Waals surface area (Å²) in [7, 11) is 3.68. The highest BCUT2D eigenvalue weighted by atomic mass is 16.5. The molecular formula is C10H23NO2. The smallest absolute Gasteiger partial charge is 0.0689 e. The van der Waals surface area contributed by atoms with Gasteiger partial charge in [0.05, 0.1) is 6.10 Å². The zero-order valence-electron chi connectivity index (χ0n) is 9.50. The molecule has 0 aliphatic rings. The maximum Gasteiger partial charge on any atom is 0.0689 e. The molecular weight excluding hydrogens is 166 g/mol. The molecule has 0 amide bonds. The fourth-order valence-corrected chi connectivity index (χ4v) is 0.935. The molecule has 0 saturated carbocycles. The Labute approximate surface area is 81.7 Å². The number of ether oxygens (including phenoxy) is 1. The largest absolute Gasteiger partial charge is 0.392 e. The van der Waals surface area contributed by atoms with Crippen molar-refractivity contribution in [2.24, 2.45) is 0 Å². The van der Waals surface area contributed by atoms with Gasteiger partial charge in [0, 0.05) is 25.8 Å². The van der Waals surface area contributed by atoms with Gasteiger partial charge in [-0.1, -0.05) is 0 Å². The minimum atomic E-state index is -0.288. The molecule has 3 heteroatoms. The summed E-state index contributed by atoms with van der Waals surface area (Å²) in [5.41, 5.74) is 0.119. The number of rotatable bonds is 5. The SMILES string of the molecule is COCCC(O)CN(C)C(C)(C)C. The summed E-state index contributed by atoms with van der Waals surface area (Å²) >= 11 is 0. The summed E-state index contributed by atoms with van der Waals surface area (Å²) < 4.78 is 4.90. The monoisotopic (exact) mass is 189 g/mol. The molecule has 0 saturated heterocycles. The van der Waals surface area contributed by atoms with E-state index in [0.717, 1.165) is 0 Å². The Kier molecular flexibility index (Phi) is 5.53. The van der Waals surface area contributed by atoms with Gasteiger partial charge in [-0.05, 0) is 34.2 Å². The molecule has 0 fully saturated rings. The summed E-state index contributed by atoms with van der Waals surface area (Å²) in [5.74, 6) is 0. The Morgan fingerprint density at radius 2 is 1.92 bits per heavy atom. The van der Waals surface area contributed by atoms with E-state index in [4.69, 9.17) is 4.74 Å². The van der Waals surface area contributed by atoms with Gasteiger partial charge in [0.15, 0.2) is 0 Å². The van der Waals surface area contributed by atoms with Crippen molar-refractivity contribution >= 4 is 0 Å². The normalized spacial score (nSPS) is 15.0. The predicted molar refractivity (Wildman–Crippen MR) is 54.9 cm³/mol. The van der Waals surface area contributed by atoms with Crippen LogP contribution in [0.15, 0.2) is 0 Å². The van der Waals surface area contributed by atoms with Crippen molar-refractivity contribution in [1.29, 1.82) is 0 Å². The standard InChI is InChI=1S/C10H23NO2/c1-10(2,3)11(4)8-9(12)6-7-13-5/h9,12H,6-8H2,1-5H3. The van der Waals surface area contributed by atoms with Gasteiger partial charge >= 0.3 is 0 Å². The van der Waals surface area contributed by atoms with Crippen molar-refractivity contribution in [3.8, 4) is 0 Å². The molecule has 0 aliphatic carbocycles.